The molecular weight excluding hydrogens is 122 g/mol. The van der Waals surface area contributed by atoms with Gasteiger partial charge in [-0.2, -0.15) is 0 Å². The fourth-order valence-electron chi connectivity index (χ4n) is 0. The lowest BCUT2D eigenvalue weighted by atomic mass is 10.1. The first-order valence-corrected chi connectivity index (χ1v) is 2.31. The van der Waals surface area contributed by atoms with E-state index in [-0.39, 0.29) is 6.47 Å². The molecule has 0 heterocycles. The molecule has 4 nitrogen and oxygen atoms in total. The minimum absolute atomic E-state index is 0.250. The van der Waals surface area contributed by atoms with Crippen molar-refractivity contribution in [3.63, 3.8) is 0 Å². The van der Waals surface area contributed by atoms with Gasteiger partial charge in [-0.15, -0.1) is 0 Å². The Labute approximate surface area is 53.7 Å². The number of hydrogen-bond donors (Lipinski definition) is 2. The molecule has 0 radical (unpaired) electrons. The molecule has 0 aliphatic carbocycles. The summed E-state index contributed by atoms with van der Waals surface area (Å²) in [7, 11) is 0. The van der Waals surface area contributed by atoms with Crippen LogP contribution in [-0.4, -0.2) is 23.4 Å². The first-order chi connectivity index (χ1) is 3.97. The molecule has 0 aliphatic heterocycles. The lowest BCUT2D eigenvalue weighted by Gasteiger charge is -2.04. The van der Waals surface area contributed by atoms with Crippen LogP contribution in [0.5, 0.6) is 0 Å². The van der Waals surface area contributed by atoms with Gasteiger partial charge in [-0.1, -0.05) is 0 Å². The third-order valence-corrected chi connectivity index (χ3v) is 0.304. The van der Waals surface area contributed by atoms with E-state index in [1.807, 2.05) is 0 Å². The highest BCUT2D eigenvalue weighted by atomic mass is 16.3. The molecule has 0 rings (SSSR count). The Morgan fingerprint density at radius 2 is 1.56 bits per heavy atom. The summed E-state index contributed by atoms with van der Waals surface area (Å²) in [4.78, 5) is 18.1. The number of aldehydes is 1. The summed E-state index contributed by atoms with van der Waals surface area (Å²) in [5.41, 5.74) is 4.53. The second kappa shape index (κ2) is 5.24. The van der Waals surface area contributed by atoms with Crippen LogP contribution in [0, 0.1) is 0 Å². The smallest absolute Gasteiger partial charge is 0.290 e. The number of rotatable bonds is 1. The molecule has 0 saturated carbocycles. The molecule has 4 heteroatoms. The maximum atomic E-state index is 9.70. The van der Waals surface area contributed by atoms with Crippen LogP contribution >= 0.6 is 0 Å². The van der Waals surface area contributed by atoms with E-state index in [1.165, 1.54) is 0 Å². The summed E-state index contributed by atoms with van der Waals surface area (Å²) < 4.78 is 0. The normalized spacial score (nSPS) is 8.78. The van der Waals surface area contributed by atoms with E-state index in [9.17, 15) is 4.79 Å². The topological polar surface area (TPSA) is 80.4 Å². The van der Waals surface area contributed by atoms with Crippen molar-refractivity contribution in [2.45, 2.75) is 19.4 Å². The van der Waals surface area contributed by atoms with Gasteiger partial charge in [-0.05, 0) is 13.8 Å². The molecule has 0 aromatic heterocycles. The van der Waals surface area contributed by atoms with Gasteiger partial charge in [0.1, 0.15) is 6.29 Å². The SMILES string of the molecule is CC(C)(N)C=O.O=CO. The second-order valence-corrected chi connectivity index (χ2v) is 2.04. The molecule has 0 aliphatic rings. The predicted octanol–water partition coefficient (Wildman–Crippen LogP) is -0.377. The van der Waals surface area contributed by atoms with Crippen molar-refractivity contribution in [2.75, 3.05) is 0 Å². The van der Waals surface area contributed by atoms with Gasteiger partial charge in [-0.25, -0.2) is 0 Å². The molecule has 0 unspecified atom stereocenters. The van der Waals surface area contributed by atoms with Crippen molar-refractivity contribution < 1.29 is 14.7 Å². The molecule has 0 amide bonds. The molecule has 3 N–H and O–H groups in total. The Kier molecular flexibility index (Phi) is 6.39. The average Bonchev–Trinajstić information content (AvgIpc) is 1.67. The quantitative estimate of drug-likeness (QED) is 0.478. The highest BCUT2D eigenvalue weighted by molar-refractivity contribution is 5.61. The third-order valence-electron chi connectivity index (χ3n) is 0.304. The number of carboxylic acid groups (broad SMARTS) is 1. The van der Waals surface area contributed by atoms with Gasteiger partial charge in [-0.3, -0.25) is 4.79 Å². The van der Waals surface area contributed by atoms with Gasteiger partial charge < -0.3 is 15.6 Å². The van der Waals surface area contributed by atoms with Gasteiger partial charge in [0.05, 0.1) is 5.54 Å². The van der Waals surface area contributed by atoms with Crippen LogP contribution in [-0.2, 0) is 9.59 Å². The third kappa shape index (κ3) is 41.9. The van der Waals surface area contributed by atoms with Crippen molar-refractivity contribution in [3.8, 4) is 0 Å². The van der Waals surface area contributed by atoms with Gasteiger partial charge in [0, 0.05) is 0 Å². The van der Waals surface area contributed by atoms with Gasteiger partial charge in [0.25, 0.3) is 6.47 Å². The fourth-order valence-corrected chi connectivity index (χ4v) is 0. The molecule has 9 heavy (non-hydrogen) atoms. The molecule has 54 valence electrons. The Hall–Kier alpha value is -0.900. The lowest BCUT2D eigenvalue weighted by Crippen LogP contribution is -2.33. The summed E-state index contributed by atoms with van der Waals surface area (Å²) in [6, 6.07) is 0. The Balaban J connectivity index is 0. The van der Waals surface area contributed by atoms with Crippen LogP contribution in [0.3, 0.4) is 0 Å². The minimum Gasteiger partial charge on any atom is -0.483 e. The molecular formula is C5H11NO3. The monoisotopic (exact) mass is 133 g/mol. The standard InChI is InChI=1S/C4H9NO.CH2O2/c1-4(2,5)3-6;2-1-3/h3H,5H2,1-2H3;1H,(H,2,3). The summed E-state index contributed by atoms with van der Waals surface area (Å²) in [6.45, 7) is 3.06. The number of hydrogen-bond acceptors (Lipinski definition) is 3. The van der Waals surface area contributed by atoms with E-state index in [4.69, 9.17) is 15.6 Å². The zero-order chi connectivity index (χ0) is 7.91. The minimum atomic E-state index is -0.639. The van der Waals surface area contributed by atoms with Crippen molar-refractivity contribution >= 4 is 12.8 Å². The Bertz CT molecular complexity index is 84.7. The number of carbonyl (C=O) groups is 2. The van der Waals surface area contributed by atoms with Crippen molar-refractivity contribution in [1.82, 2.24) is 0 Å². The molecule has 0 atom stereocenters. The lowest BCUT2D eigenvalue weighted by molar-refractivity contribution is -0.122. The van der Waals surface area contributed by atoms with E-state index in [2.05, 4.69) is 0 Å². The first-order valence-electron chi connectivity index (χ1n) is 2.31. The van der Waals surface area contributed by atoms with E-state index in [0.717, 1.165) is 0 Å². The van der Waals surface area contributed by atoms with E-state index in [1.54, 1.807) is 13.8 Å². The van der Waals surface area contributed by atoms with Gasteiger partial charge in [0.15, 0.2) is 0 Å². The predicted molar refractivity (Wildman–Crippen MR) is 33.0 cm³/mol. The van der Waals surface area contributed by atoms with E-state index >= 15 is 0 Å². The first kappa shape index (κ1) is 11.0. The zero-order valence-electron chi connectivity index (χ0n) is 5.50. The molecule has 0 aromatic rings. The number of nitrogens with two attached hydrogens (primary N) is 1. The van der Waals surface area contributed by atoms with Crippen LogP contribution in [0.25, 0.3) is 0 Å². The summed E-state index contributed by atoms with van der Waals surface area (Å²) in [5.74, 6) is 0. The maximum Gasteiger partial charge on any atom is 0.290 e. The van der Waals surface area contributed by atoms with Crippen LogP contribution < -0.4 is 5.73 Å². The number of carbonyl (C=O) groups excluding carboxylic acids is 1. The molecule has 0 bridgehead atoms. The average molecular weight is 133 g/mol. The second-order valence-electron chi connectivity index (χ2n) is 2.04. The van der Waals surface area contributed by atoms with Crippen LogP contribution in [0.15, 0.2) is 0 Å². The molecule has 0 aromatic carbocycles. The van der Waals surface area contributed by atoms with Crippen LogP contribution in [0.2, 0.25) is 0 Å². The van der Waals surface area contributed by atoms with Crippen molar-refractivity contribution in [1.29, 1.82) is 0 Å². The summed E-state index contributed by atoms with van der Waals surface area (Å²) in [5, 5.41) is 6.89. The largest absolute Gasteiger partial charge is 0.483 e. The highest BCUT2D eigenvalue weighted by Crippen LogP contribution is 1.85. The fraction of sp³-hybridized carbons (Fsp3) is 0.600. The highest BCUT2D eigenvalue weighted by Gasteiger charge is 2.04. The Morgan fingerprint density at radius 3 is 1.56 bits per heavy atom. The molecule has 0 fully saturated rings. The Morgan fingerprint density at radius 1 is 1.44 bits per heavy atom. The molecule has 0 spiro atoms. The van der Waals surface area contributed by atoms with Gasteiger partial charge >= 0.3 is 0 Å². The summed E-state index contributed by atoms with van der Waals surface area (Å²) >= 11 is 0. The van der Waals surface area contributed by atoms with Crippen molar-refractivity contribution in [2.24, 2.45) is 5.73 Å². The van der Waals surface area contributed by atoms with E-state index in [0.29, 0.717) is 6.29 Å². The molecule has 0 saturated heterocycles. The van der Waals surface area contributed by atoms with Crippen molar-refractivity contribution in [3.05, 3.63) is 0 Å². The van der Waals surface area contributed by atoms with Crippen LogP contribution in [0.1, 0.15) is 13.8 Å². The summed E-state index contributed by atoms with van der Waals surface area (Å²) in [6.07, 6.45) is 0.715. The van der Waals surface area contributed by atoms with Crippen LogP contribution in [0.4, 0.5) is 0 Å². The van der Waals surface area contributed by atoms with E-state index < -0.39 is 5.54 Å². The maximum absolute atomic E-state index is 9.70. The zero-order valence-corrected chi connectivity index (χ0v) is 5.50. The van der Waals surface area contributed by atoms with Gasteiger partial charge in [0.2, 0.25) is 0 Å².